The quantitative estimate of drug-likeness (QED) is 0.118. The van der Waals surface area contributed by atoms with Crippen molar-refractivity contribution >= 4 is 39.7 Å². The van der Waals surface area contributed by atoms with Gasteiger partial charge in [0.1, 0.15) is 0 Å². The zero-order chi connectivity index (χ0) is 46.3. The second-order valence-corrected chi connectivity index (χ2v) is 25.1. The molecule has 0 aliphatic carbocycles. The van der Waals surface area contributed by atoms with Gasteiger partial charge in [-0.3, -0.25) is 4.39 Å². The molecule has 0 fully saturated rings. The van der Waals surface area contributed by atoms with Gasteiger partial charge < -0.3 is 9.40 Å². The first-order valence-corrected chi connectivity index (χ1v) is 25.8. The predicted octanol–water partition coefficient (Wildman–Crippen LogP) is 12.6. The van der Waals surface area contributed by atoms with E-state index in [1.165, 1.54) is 18.3 Å². The molecule has 9 rings (SSSR count). The van der Waals surface area contributed by atoms with E-state index in [0.717, 1.165) is 38.4 Å². The summed E-state index contributed by atoms with van der Waals surface area (Å²) in [7, 11) is 0. The number of aryl methyl sites for hydroxylation is 2. The van der Waals surface area contributed by atoms with Crippen LogP contribution in [0.2, 0.25) is 17.3 Å². The molecule has 0 aliphatic rings. The second kappa shape index (κ2) is 17.5. The third-order valence-electron chi connectivity index (χ3n) is 9.56. The standard InChI is InChI=1S/C27H26GeN.C24H16FN2O.Ir/c1-28(2,3)26-20-29-27(19-25(26)17-21-11-6-4-7-12-21)24-16-10-15-23(18-24)22-13-8-5-9-14-22;1-14-13-26-21(12-19(14)16-6-4-3-5-7-16)17-10-11-20(25)22-18-9-8-15(2)27-24(18)28-23(17)22;/h4-15,18-20H,17H2,1-3H3;3-9,11-13H,1-2H3;/q2*-1;/i17D2;1D3,2D3;. The van der Waals surface area contributed by atoms with E-state index in [1.807, 2.05) is 79.0 Å². The number of furan rings is 1. The van der Waals surface area contributed by atoms with Crippen molar-refractivity contribution in [3.63, 3.8) is 0 Å². The van der Waals surface area contributed by atoms with Crippen LogP contribution in [-0.4, -0.2) is 28.2 Å². The number of nitrogens with zero attached hydrogens (tertiary/aromatic N) is 3. The molecule has 7 heteroatoms. The zero-order valence-corrected chi connectivity index (χ0v) is 36.4. The van der Waals surface area contributed by atoms with Gasteiger partial charge in [-0.15, -0.1) is 12.1 Å². The SMILES string of the molecule is [2H]C([2H])([2H])c1ccc2c(n1)oc1c(-c3cc(-c4ccccc4)c(C([2H])([2H])[2H])cn3)[c-]cc(F)c12.[2H]C([2H])(c1ccccc1)c1cc(-c2[c-]ccc(-c3ccccc3)c2)nc[c]1[Ge]([CH3])([CH3])[CH3].[Ir]. The average Bonchev–Trinajstić information content (AvgIpc) is 3.69. The monoisotopic (exact) mass is 1010 g/mol. The van der Waals surface area contributed by atoms with Crippen LogP contribution in [0.25, 0.3) is 66.8 Å². The molecule has 0 spiro atoms. The Labute approximate surface area is 367 Å². The molecule has 0 unspecified atom stereocenters. The Morgan fingerprint density at radius 3 is 2.16 bits per heavy atom. The van der Waals surface area contributed by atoms with E-state index in [4.69, 9.17) is 20.4 Å². The van der Waals surface area contributed by atoms with Crippen LogP contribution in [0.4, 0.5) is 4.39 Å². The maximum absolute atomic E-state index is 14.8. The maximum atomic E-state index is 14.8. The van der Waals surface area contributed by atoms with Crippen molar-refractivity contribution in [2.24, 2.45) is 0 Å². The summed E-state index contributed by atoms with van der Waals surface area (Å²) in [5.74, 6) is 6.24. The molecule has 0 bridgehead atoms. The first-order valence-electron chi connectivity index (χ1n) is 22.4. The topological polar surface area (TPSA) is 51.8 Å². The van der Waals surface area contributed by atoms with Crippen molar-refractivity contribution in [1.82, 2.24) is 15.0 Å². The van der Waals surface area contributed by atoms with E-state index >= 15 is 0 Å². The fourth-order valence-electron chi connectivity index (χ4n) is 6.71. The molecule has 0 saturated carbocycles. The largest absolute Gasteiger partial charge is 0 e. The Balaban J connectivity index is 0.000000194. The summed E-state index contributed by atoms with van der Waals surface area (Å²) in [6.07, 6.45) is 1.60. The number of hydrogen-bond donors (Lipinski definition) is 0. The minimum absolute atomic E-state index is 0. The molecule has 58 heavy (non-hydrogen) atoms. The van der Waals surface area contributed by atoms with Gasteiger partial charge >= 0.3 is 180 Å². The molecule has 0 saturated heterocycles. The van der Waals surface area contributed by atoms with Crippen LogP contribution in [0.3, 0.4) is 0 Å². The number of halogens is 1. The summed E-state index contributed by atoms with van der Waals surface area (Å²) in [6.45, 7) is -4.84. The summed E-state index contributed by atoms with van der Waals surface area (Å²) < 4.78 is 86.2. The minimum atomic E-state index is -2.45. The molecule has 0 amide bonds. The fourth-order valence-corrected chi connectivity index (χ4v) is 9.63. The molecule has 9 aromatic rings. The summed E-state index contributed by atoms with van der Waals surface area (Å²) >= 11 is -2.37. The van der Waals surface area contributed by atoms with Gasteiger partial charge in [-0.2, -0.15) is 0 Å². The zero-order valence-electron chi connectivity index (χ0n) is 39.9. The van der Waals surface area contributed by atoms with Crippen molar-refractivity contribution in [2.45, 2.75) is 37.3 Å². The molecule has 5 aromatic carbocycles. The van der Waals surface area contributed by atoms with Crippen molar-refractivity contribution in [1.29, 1.82) is 0 Å². The molecular weight excluding hydrogens is 954 g/mol. The van der Waals surface area contributed by atoms with Gasteiger partial charge in [0, 0.05) is 51.4 Å². The number of pyridine rings is 3. The summed E-state index contributed by atoms with van der Waals surface area (Å²) in [4.78, 5) is 13.2. The van der Waals surface area contributed by atoms with Gasteiger partial charge in [0.2, 0.25) is 5.71 Å². The number of hydrogen-bond acceptors (Lipinski definition) is 4. The number of aromatic nitrogens is 3. The first kappa shape index (κ1) is 31.5. The Morgan fingerprint density at radius 2 is 1.45 bits per heavy atom. The van der Waals surface area contributed by atoms with E-state index in [9.17, 15) is 4.39 Å². The van der Waals surface area contributed by atoms with Crippen LogP contribution in [0, 0.1) is 31.7 Å². The molecule has 0 N–H and O–H groups in total. The van der Waals surface area contributed by atoms with Crippen molar-refractivity contribution in [3.8, 4) is 44.8 Å². The maximum Gasteiger partial charge on any atom is 0 e. The molecule has 4 nitrogen and oxygen atoms in total. The number of benzene rings is 5. The van der Waals surface area contributed by atoms with Crippen LogP contribution in [-0.2, 0) is 26.5 Å². The Kier molecular flexibility index (Phi) is 9.51. The van der Waals surface area contributed by atoms with Gasteiger partial charge in [-0.05, 0) is 53.6 Å². The minimum Gasteiger partial charge on any atom is 0 e. The second-order valence-electron chi connectivity index (χ2n) is 14.6. The third kappa shape index (κ3) is 8.80. The van der Waals surface area contributed by atoms with Gasteiger partial charge in [0.05, 0.1) is 5.58 Å². The summed E-state index contributed by atoms with van der Waals surface area (Å²) in [5.41, 5.74) is 7.01. The summed E-state index contributed by atoms with van der Waals surface area (Å²) in [5, 5.41) is 0.439. The summed E-state index contributed by atoms with van der Waals surface area (Å²) in [6, 6.07) is 48.3. The van der Waals surface area contributed by atoms with E-state index in [0.29, 0.717) is 33.3 Å². The first-order chi connectivity index (χ1) is 30.8. The van der Waals surface area contributed by atoms with Crippen molar-refractivity contribution < 1.29 is 39.9 Å². The van der Waals surface area contributed by atoms with Crippen molar-refractivity contribution in [3.05, 3.63) is 192 Å². The molecule has 1 radical (unpaired) electrons. The van der Waals surface area contributed by atoms with Crippen LogP contribution < -0.4 is 4.40 Å². The fraction of sp³-hybridized carbons (Fsp3) is 0.118. The normalized spacial score (nSPS) is 13.9. The Bertz CT molecular complexity index is 3160. The van der Waals surface area contributed by atoms with Crippen LogP contribution in [0.1, 0.15) is 33.4 Å². The number of rotatable bonds is 7. The number of fused-ring (bicyclic) bond motifs is 3. The molecule has 4 aromatic heterocycles. The van der Waals surface area contributed by atoms with Gasteiger partial charge in [-0.1, -0.05) is 42.0 Å². The van der Waals surface area contributed by atoms with Gasteiger partial charge in [0.25, 0.3) is 0 Å². The molecule has 0 atom stereocenters. The van der Waals surface area contributed by atoms with Gasteiger partial charge in [0.15, 0.2) is 0 Å². The molecule has 0 aliphatic heterocycles. The molecule has 4 heterocycles. The molecule has 289 valence electrons. The van der Waals surface area contributed by atoms with Crippen molar-refractivity contribution in [2.75, 3.05) is 0 Å². The van der Waals surface area contributed by atoms with Crippen LogP contribution in [0.15, 0.2) is 156 Å². The molecular formula is C51H42FGeIrN3O-2. The Hall–Kier alpha value is -5.53. The van der Waals surface area contributed by atoms with Crippen LogP contribution >= 0.6 is 0 Å². The van der Waals surface area contributed by atoms with Gasteiger partial charge in [-0.25, -0.2) is 4.98 Å². The predicted molar refractivity (Wildman–Crippen MR) is 235 cm³/mol. The smallest absolute Gasteiger partial charge is 0 e. The Morgan fingerprint density at radius 1 is 0.741 bits per heavy atom. The van der Waals surface area contributed by atoms with E-state index in [-0.39, 0.29) is 48.0 Å². The van der Waals surface area contributed by atoms with E-state index < -0.39 is 39.2 Å². The van der Waals surface area contributed by atoms with E-state index in [1.54, 1.807) is 30.3 Å². The van der Waals surface area contributed by atoms with Crippen LogP contribution in [0.5, 0.6) is 0 Å². The average molecular weight is 1000 g/mol. The van der Waals surface area contributed by atoms with E-state index in [2.05, 4.69) is 57.6 Å². The third-order valence-corrected chi connectivity index (χ3v) is 13.8.